The van der Waals surface area contributed by atoms with Crippen LogP contribution in [0.25, 0.3) is 0 Å². The number of benzene rings is 1. The van der Waals surface area contributed by atoms with Gasteiger partial charge in [0.05, 0.1) is 0 Å². The second-order valence-corrected chi connectivity index (χ2v) is 4.17. The van der Waals surface area contributed by atoms with Crippen LogP contribution in [0.4, 0.5) is 21.5 Å². The number of nitrogens with one attached hydrogen (secondary N) is 1. The van der Waals surface area contributed by atoms with Gasteiger partial charge >= 0.3 is 0 Å². The summed E-state index contributed by atoms with van der Waals surface area (Å²) in [6, 6.07) is 4.44. The molecule has 18 heavy (non-hydrogen) atoms. The normalized spacial score (nSPS) is 10.8. The minimum Gasteiger partial charge on any atom is -0.394 e. The average Bonchev–Trinajstić information content (AvgIpc) is 2.34. The predicted octanol–water partition coefficient (Wildman–Crippen LogP) is 1.70. The van der Waals surface area contributed by atoms with E-state index < -0.39 is 10.9 Å². The van der Waals surface area contributed by atoms with Crippen LogP contribution < -0.4 is 21.9 Å². The van der Waals surface area contributed by atoms with Gasteiger partial charge in [-0.25, -0.2) is 4.39 Å². The van der Waals surface area contributed by atoms with Gasteiger partial charge in [-0.1, -0.05) is 13.3 Å². The Balaban J connectivity index is 2.30. The quantitative estimate of drug-likeness (QED) is 0.808. The van der Waals surface area contributed by atoms with Gasteiger partial charge in [-0.15, -0.1) is 0 Å². The summed E-state index contributed by atoms with van der Waals surface area (Å²) in [6.45, 7) is 1.99. The third kappa shape index (κ3) is 2.11. The SMILES string of the molecule is CCCc1cc(F)cc(Nc2c(N)c(=O)c2=O)c1. The van der Waals surface area contributed by atoms with Gasteiger partial charge in [0, 0.05) is 5.69 Å². The molecule has 0 amide bonds. The number of rotatable bonds is 4. The molecular formula is C13H13FN2O2. The summed E-state index contributed by atoms with van der Waals surface area (Å²) in [6.07, 6.45) is 1.64. The van der Waals surface area contributed by atoms with Gasteiger partial charge < -0.3 is 11.1 Å². The van der Waals surface area contributed by atoms with Gasteiger partial charge in [0.1, 0.15) is 17.2 Å². The molecule has 0 aliphatic carbocycles. The van der Waals surface area contributed by atoms with E-state index in [1.54, 1.807) is 6.07 Å². The highest BCUT2D eigenvalue weighted by atomic mass is 19.1. The number of nitrogens with two attached hydrogens (primary N) is 1. The number of anilines is 3. The van der Waals surface area contributed by atoms with Crippen LogP contribution in [0.5, 0.6) is 0 Å². The number of hydrogen-bond donors (Lipinski definition) is 2. The van der Waals surface area contributed by atoms with Crippen molar-refractivity contribution in [2.75, 3.05) is 11.1 Å². The summed E-state index contributed by atoms with van der Waals surface area (Å²) in [4.78, 5) is 22.2. The second kappa shape index (κ2) is 4.60. The molecule has 0 radical (unpaired) electrons. The molecule has 0 fully saturated rings. The van der Waals surface area contributed by atoms with Gasteiger partial charge in [-0.05, 0) is 30.2 Å². The Labute approximate surface area is 103 Å². The molecule has 0 saturated heterocycles. The predicted molar refractivity (Wildman–Crippen MR) is 69.4 cm³/mol. The molecule has 2 aromatic rings. The van der Waals surface area contributed by atoms with E-state index in [0.29, 0.717) is 5.69 Å². The van der Waals surface area contributed by atoms with Crippen molar-refractivity contribution >= 4 is 17.1 Å². The van der Waals surface area contributed by atoms with Crippen molar-refractivity contribution in [1.82, 2.24) is 0 Å². The second-order valence-electron chi connectivity index (χ2n) is 4.17. The molecule has 0 bridgehead atoms. The van der Waals surface area contributed by atoms with Crippen molar-refractivity contribution in [2.24, 2.45) is 0 Å². The Bertz CT molecular complexity index is 657. The molecule has 0 saturated carbocycles. The van der Waals surface area contributed by atoms with Crippen LogP contribution in [-0.4, -0.2) is 0 Å². The maximum atomic E-state index is 13.4. The molecule has 4 nitrogen and oxygen atoms in total. The zero-order chi connectivity index (χ0) is 13.3. The lowest BCUT2D eigenvalue weighted by molar-refractivity contribution is 0.625. The standard InChI is InChI=1S/C13H13FN2O2/c1-2-3-7-4-8(14)6-9(5-7)16-11-10(15)12(17)13(11)18/h4-6,16H,2-3,15H2,1H3. The number of halogens is 1. The van der Waals surface area contributed by atoms with Gasteiger partial charge in [-0.3, -0.25) is 9.59 Å². The summed E-state index contributed by atoms with van der Waals surface area (Å²) >= 11 is 0. The maximum Gasteiger partial charge on any atom is 0.253 e. The molecule has 2 rings (SSSR count). The molecular weight excluding hydrogens is 235 g/mol. The Morgan fingerprint density at radius 1 is 1.22 bits per heavy atom. The fraction of sp³-hybridized carbons (Fsp3) is 0.231. The van der Waals surface area contributed by atoms with E-state index in [2.05, 4.69) is 5.32 Å². The summed E-state index contributed by atoms with van der Waals surface area (Å²) in [5, 5.41) is 2.69. The van der Waals surface area contributed by atoms with Crippen LogP contribution in [0.1, 0.15) is 18.9 Å². The fourth-order valence-corrected chi connectivity index (χ4v) is 1.83. The van der Waals surface area contributed by atoms with Crippen LogP contribution >= 0.6 is 0 Å². The monoisotopic (exact) mass is 248 g/mol. The van der Waals surface area contributed by atoms with Crippen LogP contribution in [0.2, 0.25) is 0 Å². The van der Waals surface area contributed by atoms with Gasteiger partial charge in [-0.2, -0.15) is 0 Å². The van der Waals surface area contributed by atoms with E-state index in [1.165, 1.54) is 12.1 Å². The Morgan fingerprint density at radius 3 is 2.56 bits per heavy atom. The molecule has 0 atom stereocenters. The molecule has 3 N–H and O–H groups in total. The largest absolute Gasteiger partial charge is 0.394 e. The minimum absolute atomic E-state index is 0.0491. The van der Waals surface area contributed by atoms with Crippen LogP contribution in [0, 0.1) is 5.82 Å². The lowest BCUT2D eigenvalue weighted by Crippen LogP contribution is -2.36. The summed E-state index contributed by atoms with van der Waals surface area (Å²) < 4.78 is 13.4. The number of hydrogen-bond acceptors (Lipinski definition) is 4. The van der Waals surface area contributed by atoms with Gasteiger partial charge in [0.25, 0.3) is 10.9 Å². The number of nitrogen functional groups attached to an aromatic ring is 1. The smallest absolute Gasteiger partial charge is 0.253 e. The van der Waals surface area contributed by atoms with Crippen molar-refractivity contribution < 1.29 is 4.39 Å². The van der Waals surface area contributed by atoms with Crippen molar-refractivity contribution in [3.05, 3.63) is 50.0 Å². The van der Waals surface area contributed by atoms with Crippen molar-refractivity contribution in [3.63, 3.8) is 0 Å². The van der Waals surface area contributed by atoms with E-state index in [1.807, 2.05) is 6.92 Å². The lowest BCUT2D eigenvalue weighted by atomic mass is 10.1. The minimum atomic E-state index is -0.692. The third-order valence-corrected chi connectivity index (χ3v) is 2.71. The Hall–Kier alpha value is -2.17. The topological polar surface area (TPSA) is 72.2 Å². The zero-order valence-electron chi connectivity index (χ0n) is 9.92. The molecule has 0 heterocycles. The van der Waals surface area contributed by atoms with E-state index in [0.717, 1.165) is 18.4 Å². The van der Waals surface area contributed by atoms with Crippen molar-refractivity contribution in [3.8, 4) is 0 Å². The zero-order valence-corrected chi connectivity index (χ0v) is 9.92. The fourth-order valence-electron chi connectivity index (χ4n) is 1.83. The molecule has 5 heteroatoms. The first kappa shape index (κ1) is 12.3. The molecule has 2 aromatic carbocycles. The first-order valence-corrected chi connectivity index (χ1v) is 5.68. The first-order valence-electron chi connectivity index (χ1n) is 5.68. The molecule has 0 spiro atoms. The van der Waals surface area contributed by atoms with Crippen molar-refractivity contribution in [1.29, 1.82) is 0 Å². The molecule has 0 aliphatic heterocycles. The highest BCUT2D eigenvalue weighted by Crippen LogP contribution is 2.21. The van der Waals surface area contributed by atoms with E-state index in [-0.39, 0.29) is 17.2 Å². The van der Waals surface area contributed by atoms with E-state index in [4.69, 9.17) is 5.73 Å². The highest BCUT2D eigenvalue weighted by molar-refractivity contribution is 5.76. The first-order chi connectivity index (χ1) is 8.52. The third-order valence-electron chi connectivity index (χ3n) is 2.71. The summed E-state index contributed by atoms with van der Waals surface area (Å²) in [7, 11) is 0. The molecule has 94 valence electrons. The van der Waals surface area contributed by atoms with Gasteiger partial charge in [0.15, 0.2) is 0 Å². The molecule has 0 aliphatic rings. The summed E-state index contributed by atoms with van der Waals surface area (Å²) in [5.41, 5.74) is 5.25. The van der Waals surface area contributed by atoms with Crippen LogP contribution in [-0.2, 0) is 6.42 Å². The maximum absolute atomic E-state index is 13.4. The molecule has 0 aromatic heterocycles. The van der Waals surface area contributed by atoms with E-state index >= 15 is 0 Å². The Morgan fingerprint density at radius 2 is 1.94 bits per heavy atom. The lowest BCUT2D eigenvalue weighted by Gasteiger charge is -2.11. The van der Waals surface area contributed by atoms with Crippen molar-refractivity contribution in [2.45, 2.75) is 19.8 Å². The number of aryl methyl sites for hydroxylation is 1. The highest BCUT2D eigenvalue weighted by Gasteiger charge is 2.18. The van der Waals surface area contributed by atoms with Crippen LogP contribution in [0.3, 0.4) is 0 Å². The van der Waals surface area contributed by atoms with Crippen LogP contribution in [0.15, 0.2) is 27.8 Å². The summed E-state index contributed by atoms with van der Waals surface area (Å²) in [5.74, 6) is -0.388. The average molecular weight is 248 g/mol. The molecule has 0 unspecified atom stereocenters. The van der Waals surface area contributed by atoms with Gasteiger partial charge in [0.2, 0.25) is 0 Å². The Kier molecular flexibility index (Phi) is 3.14. The van der Waals surface area contributed by atoms with E-state index in [9.17, 15) is 14.0 Å².